The van der Waals surface area contributed by atoms with Crippen LogP contribution in [0, 0.1) is 5.82 Å². The van der Waals surface area contributed by atoms with Crippen LogP contribution in [0.1, 0.15) is 41.7 Å². The van der Waals surface area contributed by atoms with Gasteiger partial charge in [0.1, 0.15) is 11.6 Å². The summed E-state index contributed by atoms with van der Waals surface area (Å²) in [7, 11) is 0. The highest BCUT2D eigenvalue weighted by Gasteiger charge is 2.29. The van der Waals surface area contributed by atoms with Crippen molar-refractivity contribution in [2.45, 2.75) is 32.5 Å². The minimum Gasteiger partial charge on any atom is -0.369 e. The summed E-state index contributed by atoms with van der Waals surface area (Å²) in [4.78, 5) is 16.2. The van der Waals surface area contributed by atoms with Gasteiger partial charge in [-0.15, -0.1) is 0 Å². The molecule has 3 rings (SSSR count). The zero-order valence-electron chi connectivity index (χ0n) is 13.6. The van der Waals surface area contributed by atoms with E-state index in [0.717, 1.165) is 17.5 Å². The molecule has 0 aliphatic carbocycles. The molecule has 8 heteroatoms. The fourth-order valence-corrected chi connectivity index (χ4v) is 2.79. The summed E-state index contributed by atoms with van der Waals surface area (Å²) >= 11 is 0. The number of aromatic amines is 1. The van der Waals surface area contributed by atoms with Gasteiger partial charge >= 0.3 is 0 Å². The molecule has 0 saturated heterocycles. The van der Waals surface area contributed by atoms with E-state index in [4.69, 9.17) is 4.74 Å². The average molecular weight is 333 g/mol. The smallest absolute Gasteiger partial charge is 0.272 e. The molecule has 1 aliphatic heterocycles. The van der Waals surface area contributed by atoms with Crippen LogP contribution in [0.4, 0.5) is 10.2 Å². The molecule has 0 saturated carbocycles. The number of ether oxygens (including phenoxy) is 1. The van der Waals surface area contributed by atoms with Gasteiger partial charge in [-0.25, -0.2) is 9.37 Å². The molecule has 128 valence electrons. The molecular weight excluding hydrogens is 313 g/mol. The number of hydrogen-bond acceptors (Lipinski definition) is 5. The summed E-state index contributed by atoms with van der Waals surface area (Å²) in [5.41, 5.74) is 2.21. The largest absolute Gasteiger partial charge is 0.369 e. The summed E-state index contributed by atoms with van der Waals surface area (Å²) in [5, 5.41) is 12.9. The van der Waals surface area contributed by atoms with Crippen LogP contribution in [0.15, 0.2) is 18.3 Å². The molecule has 3 heterocycles. The molecule has 0 spiro atoms. The standard InChI is InChI=1S/C16H20FN5O2/c1-9-7-12-14(10(2)24-9)21-22-15(12)16(23)19-6-5-18-13-4-3-11(17)8-20-13/h3-4,8-10H,5-7H2,1-2H3,(H,18,20)(H,19,23)(H,21,22)/t9-,10+/m1/s1. The third-order valence-electron chi connectivity index (χ3n) is 3.89. The Bertz CT molecular complexity index is 716. The van der Waals surface area contributed by atoms with Crippen LogP contribution in [0.2, 0.25) is 0 Å². The number of fused-ring (bicyclic) bond motifs is 1. The Balaban J connectivity index is 1.53. The monoisotopic (exact) mass is 333 g/mol. The van der Waals surface area contributed by atoms with Crippen LogP contribution in [-0.2, 0) is 11.2 Å². The molecule has 2 atom stereocenters. The van der Waals surface area contributed by atoms with E-state index < -0.39 is 0 Å². The lowest BCUT2D eigenvalue weighted by Crippen LogP contribution is -2.31. The minimum absolute atomic E-state index is 0.0582. The van der Waals surface area contributed by atoms with E-state index in [1.807, 2.05) is 13.8 Å². The van der Waals surface area contributed by atoms with E-state index in [-0.39, 0.29) is 23.9 Å². The molecule has 2 aromatic rings. The molecule has 0 unspecified atom stereocenters. The molecule has 7 nitrogen and oxygen atoms in total. The number of nitrogens with zero attached hydrogens (tertiary/aromatic N) is 2. The topological polar surface area (TPSA) is 91.9 Å². The van der Waals surface area contributed by atoms with Gasteiger partial charge in [-0.3, -0.25) is 9.89 Å². The summed E-state index contributed by atoms with van der Waals surface area (Å²) in [6.45, 7) is 4.80. The van der Waals surface area contributed by atoms with E-state index in [9.17, 15) is 9.18 Å². The number of H-pyrrole nitrogens is 1. The third kappa shape index (κ3) is 3.53. The van der Waals surface area contributed by atoms with Gasteiger partial charge in [0.25, 0.3) is 5.91 Å². The minimum atomic E-state index is -0.385. The zero-order valence-corrected chi connectivity index (χ0v) is 13.6. The Hall–Kier alpha value is -2.48. The average Bonchev–Trinajstić information content (AvgIpc) is 2.97. The second kappa shape index (κ2) is 6.96. The Labute approximate surface area is 139 Å². The quantitative estimate of drug-likeness (QED) is 0.726. The van der Waals surface area contributed by atoms with Crippen molar-refractivity contribution in [3.63, 3.8) is 0 Å². The van der Waals surface area contributed by atoms with Crippen LogP contribution in [0.25, 0.3) is 0 Å². The van der Waals surface area contributed by atoms with Gasteiger partial charge in [-0.2, -0.15) is 5.10 Å². The number of amides is 1. The number of carbonyl (C=O) groups excluding carboxylic acids is 1. The van der Waals surface area contributed by atoms with Crippen molar-refractivity contribution in [3.05, 3.63) is 41.1 Å². The highest BCUT2D eigenvalue weighted by molar-refractivity contribution is 5.94. The maximum absolute atomic E-state index is 12.8. The van der Waals surface area contributed by atoms with Crippen molar-refractivity contribution < 1.29 is 13.9 Å². The van der Waals surface area contributed by atoms with Crippen molar-refractivity contribution in [2.75, 3.05) is 18.4 Å². The lowest BCUT2D eigenvalue weighted by Gasteiger charge is -2.25. The van der Waals surface area contributed by atoms with Gasteiger partial charge in [-0.1, -0.05) is 0 Å². The number of anilines is 1. The van der Waals surface area contributed by atoms with E-state index in [1.54, 1.807) is 6.07 Å². The van der Waals surface area contributed by atoms with Crippen molar-refractivity contribution in [1.82, 2.24) is 20.5 Å². The first-order valence-electron chi connectivity index (χ1n) is 7.91. The first-order chi connectivity index (χ1) is 11.5. The number of pyridine rings is 1. The Morgan fingerprint density at radius 3 is 3.00 bits per heavy atom. The van der Waals surface area contributed by atoms with Crippen molar-refractivity contribution in [1.29, 1.82) is 0 Å². The molecule has 1 amide bonds. The second-order valence-corrected chi connectivity index (χ2v) is 5.80. The first kappa shape index (κ1) is 16.4. The second-order valence-electron chi connectivity index (χ2n) is 5.80. The number of aromatic nitrogens is 3. The molecule has 24 heavy (non-hydrogen) atoms. The summed E-state index contributed by atoms with van der Waals surface area (Å²) < 4.78 is 18.5. The molecule has 0 bridgehead atoms. The number of rotatable bonds is 5. The fourth-order valence-electron chi connectivity index (χ4n) is 2.79. The van der Waals surface area contributed by atoms with Gasteiger partial charge in [-0.05, 0) is 26.0 Å². The van der Waals surface area contributed by atoms with Crippen LogP contribution < -0.4 is 10.6 Å². The zero-order chi connectivity index (χ0) is 17.1. The number of carbonyl (C=O) groups is 1. The van der Waals surface area contributed by atoms with E-state index in [2.05, 4.69) is 25.8 Å². The van der Waals surface area contributed by atoms with Crippen LogP contribution in [0.3, 0.4) is 0 Å². The van der Waals surface area contributed by atoms with Gasteiger partial charge < -0.3 is 15.4 Å². The Kier molecular flexibility index (Phi) is 4.75. The van der Waals surface area contributed by atoms with E-state index in [0.29, 0.717) is 31.0 Å². The van der Waals surface area contributed by atoms with Gasteiger partial charge in [0.2, 0.25) is 0 Å². The first-order valence-corrected chi connectivity index (χ1v) is 7.91. The molecule has 0 radical (unpaired) electrons. The molecule has 3 N–H and O–H groups in total. The normalized spacial score (nSPS) is 19.6. The predicted octanol–water partition coefficient (Wildman–Crippen LogP) is 1.81. The van der Waals surface area contributed by atoms with Gasteiger partial charge in [0, 0.05) is 25.1 Å². The maximum Gasteiger partial charge on any atom is 0.272 e. The number of hydrogen-bond donors (Lipinski definition) is 3. The maximum atomic E-state index is 12.8. The van der Waals surface area contributed by atoms with Crippen molar-refractivity contribution in [3.8, 4) is 0 Å². The molecule has 2 aromatic heterocycles. The Morgan fingerprint density at radius 1 is 1.42 bits per heavy atom. The number of halogens is 1. The molecule has 1 aliphatic rings. The number of nitrogens with one attached hydrogen (secondary N) is 3. The summed E-state index contributed by atoms with van der Waals surface area (Å²) in [6.07, 6.45) is 1.77. The molecule has 0 fully saturated rings. The van der Waals surface area contributed by atoms with Gasteiger partial charge in [0.05, 0.1) is 24.1 Å². The lowest BCUT2D eigenvalue weighted by atomic mass is 9.99. The highest BCUT2D eigenvalue weighted by Crippen LogP contribution is 2.29. The molecule has 0 aromatic carbocycles. The van der Waals surface area contributed by atoms with Crippen LogP contribution >= 0.6 is 0 Å². The highest BCUT2D eigenvalue weighted by atomic mass is 19.1. The third-order valence-corrected chi connectivity index (χ3v) is 3.89. The summed E-state index contributed by atoms with van der Waals surface area (Å²) in [5.74, 6) is -0.0464. The fraction of sp³-hybridized carbons (Fsp3) is 0.438. The van der Waals surface area contributed by atoms with E-state index in [1.165, 1.54) is 6.07 Å². The predicted molar refractivity (Wildman–Crippen MR) is 86.3 cm³/mol. The van der Waals surface area contributed by atoms with Crippen LogP contribution in [0.5, 0.6) is 0 Å². The van der Waals surface area contributed by atoms with Crippen molar-refractivity contribution in [2.24, 2.45) is 0 Å². The van der Waals surface area contributed by atoms with Crippen LogP contribution in [-0.4, -0.2) is 40.3 Å². The van der Waals surface area contributed by atoms with E-state index >= 15 is 0 Å². The molecular formula is C16H20FN5O2. The van der Waals surface area contributed by atoms with Crippen molar-refractivity contribution >= 4 is 11.7 Å². The van der Waals surface area contributed by atoms with Gasteiger partial charge in [0.15, 0.2) is 5.69 Å². The lowest BCUT2D eigenvalue weighted by molar-refractivity contribution is -0.00697. The Morgan fingerprint density at radius 2 is 2.25 bits per heavy atom. The summed E-state index contributed by atoms with van der Waals surface area (Å²) in [6, 6.07) is 2.87. The SMILES string of the molecule is C[C@@H]1Cc2c(C(=O)NCCNc3ccc(F)cn3)n[nH]c2[C@H](C)O1.